The number of nitrogens with zero attached hydrogens (tertiary/aromatic N) is 7. The Hall–Kier alpha value is -2.58. The molecule has 0 aliphatic carbocycles. The van der Waals surface area contributed by atoms with Crippen LogP contribution in [0.25, 0.3) is 11.0 Å². The SMILES string of the molecule is N[C@@H]1CCN(Cc2cn(C3CCN(c4cnc5ccccc5n4)CC3)nn2)C1. The first kappa shape index (κ1) is 17.5. The molecule has 0 bridgehead atoms. The minimum atomic E-state index is 0.303. The number of hydrogen-bond acceptors (Lipinski definition) is 7. The smallest absolute Gasteiger partial charge is 0.147 e. The lowest BCUT2D eigenvalue weighted by Gasteiger charge is -2.32. The number of likely N-dealkylation sites (tertiary alicyclic amines) is 1. The lowest BCUT2D eigenvalue weighted by atomic mass is 10.1. The van der Waals surface area contributed by atoms with E-state index in [-0.39, 0.29) is 0 Å². The molecular weight excluding hydrogens is 352 g/mol. The number of anilines is 1. The molecule has 3 aromatic rings. The fourth-order valence-electron chi connectivity index (χ4n) is 4.26. The third-order valence-corrected chi connectivity index (χ3v) is 5.85. The van der Waals surface area contributed by atoms with Crippen molar-refractivity contribution in [2.75, 3.05) is 31.1 Å². The number of hydrogen-bond donors (Lipinski definition) is 1. The second kappa shape index (κ2) is 7.44. The number of para-hydroxylation sites is 2. The van der Waals surface area contributed by atoms with Crippen molar-refractivity contribution in [1.29, 1.82) is 0 Å². The Bertz CT molecular complexity index is 946. The van der Waals surface area contributed by atoms with Crippen LogP contribution in [0.2, 0.25) is 0 Å². The first-order valence-electron chi connectivity index (χ1n) is 10.1. The minimum absolute atomic E-state index is 0.303. The molecule has 0 radical (unpaired) electrons. The molecule has 8 heteroatoms. The molecule has 0 saturated carbocycles. The Morgan fingerprint density at radius 1 is 1.04 bits per heavy atom. The summed E-state index contributed by atoms with van der Waals surface area (Å²) in [7, 11) is 0. The molecule has 146 valence electrons. The van der Waals surface area contributed by atoms with Crippen LogP contribution in [0.3, 0.4) is 0 Å². The van der Waals surface area contributed by atoms with Crippen molar-refractivity contribution < 1.29 is 0 Å². The summed E-state index contributed by atoms with van der Waals surface area (Å²) in [4.78, 5) is 14.0. The molecule has 2 aliphatic rings. The van der Waals surface area contributed by atoms with E-state index < -0.39 is 0 Å². The van der Waals surface area contributed by atoms with Crippen LogP contribution in [0.4, 0.5) is 5.82 Å². The number of benzene rings is 1. The maximum Gasteiger partial charge on any atom is 0.147 e. The minimum Gasteiger partial charge on any atom is -0.355 e. The molecule has 2 fully saturated rings. The summed E-state index contributed by atoms with van der Waals surface area (Å²) in [5.41, 5.74) is 8.92. The van der Waals surface area contributed by atoms with E-state index in [1.54, 1.807) is 0 Å². The van der Waals surface area contributed by atoms with E-state index in [0.29, 0.717) is 12.1 Å². The second-order valence-electron chi connectivity index (χ2n) is 7.91. The maximum absolute atomic E-state index is 6.00. The lowest BCUT2D eigenvalue weighted by Crippen LogP contribution is -2.35. The van der Waals surface area contributed by atoms with Gasteiger partial charge < -0.3 is 10.6 Å². The fourth-order valence-corrected chi connectivity index (χ4v) is 4.26. The molecule has 2 N–H and O–H groups in total. The van der Waals surface area contributed by atoms with Gasteiger partial charge in [0.1, 0.15) is 5.82 Å². The second-order valence-corrected chi connectivity index (χ2v) is 7.91. The van der Waals surface area contributed by atoms with Crippen molar-refractivity contribution >= 4 is 16.9 Å². The summed E-state index contributed by atoms with van der Waals surface area (Å²) in [6.07, 6.45) is 7.14. The molecule has 0 unspecified atom stereocenters. The van der Waals surface area contributed by atoms with Crippen molar-refractivity contribution in [3.05, 3.63) is 42.4 Å². The van der Waals surface area contributed by atoms with Crippen molar-refractivity contribution in [1.82, 2.24) is 29.9 Å². The predicted octanol–water partition coefficient (Wildman–Crippen LogP) is 1.60. The lowest BCUT2D eigenvalue weighted by molar-refractivity contribution is 0.322. The van der Waals surface area contributed by atoms with Crippen LogP contribution in [0.1, 0.15) is 31.0 Å². The van der Waals surface area contributed by atoms with Gasteiger partial charge in [-0.1, -0.05) is 17.3 Å². The summed E-state index contributed by atoms with van der Waals surface area (Å²) >= 11 is 0. The Balaban J connectivity index is 1.21. The number of rotatable bonds is 4. The number of nitrogens with two attached hydrogens (primary N) is 1. The van der Waals surface area contributed by atoms with Gasteiger partial charge in [0, 0.05) is 38.8 Å². The Kier molecular flexibility index (Phi) is 4.66. The topological polar surface area (TPSA) is 89.0 Å². The van der Waals surface area contributed by atoms with Crippen LogP contribution in [-0.4, -0.2) is 62.1 Å². The van der Waals surface area contributed by atoms with Crippen LogP contribution in [-0.2, 0) is 6.54 Å². The molecule has 0 amide bonds. The third-order valence-electron chi connectivity index (χ3n) is 5.85. The van der Waals surface area contributed by atoms with Gasteiger partial charge in [0.25, 0.3) is 0 Å². The molecular formula is C20H26N8. The highest BCUT2D eigenvalue weighted by molar-refractivity contribution is 5.75. The van der Waals surface area contributed by atoms with Crippen LogP contribution in [0.5, 0.6) is 0 Å². The summed E-state index contributed by atoms with van der Waals surface area (Å²) < 4.78 is 2.05. The maximum atomic E-state index is 6.00. The van der Waals surface area contributed by atoms with Gasteiger partial charge in [-0.15, -0.1) is 5.10 Å². The van der Waals surface area contributed by atoms with Crippen molar-refractivity contribution in [3.8, 4) is 0 Å². The molecule has 8 nitrogen and oxygen atoms in total. The van der Waals surface area contributed by atoms with Crippen molar-refractivity contribution in [2.24, 2.45) is 5.73 Å². The van der Waals surface area contributed by atoms with Crippen LogP contribution >= 0.6 is 0 Å². The molecule has 28 heavy (non-hydrogen) atoms. The largest absolute Gasteiger partial charge is 0.355 e. The summed E-state index contributed by atoms with van der Waals surface area (Å²) in [6, 6.07) is 8.71. The van der Waals surface area contributed by atoms with Gasteiger partial charge in [-0.3, -0.25) is 9.88 Å². The standard InChI is InChI=1S/C20H26N8/c21-15-5-8-26(12-15)13-16-14-28(25-24-16)17-6-9-27(10-7-17)20-11-22-18-3-1-2-4-19(18)23-20/h1-4,11,14-15,17H,5-10,12-13,21H2/t15-/m1/s1. The van der Waals surface area contributed by atoms with Gasteiger partial charge in [0.05, 0.1) is 35.2 Å². The quantitative estimate of drug-likeness (QED) is 0.737. The monoisotopic (exact) mass is 378 g/mol. The molecule has 2 aromatic heterocycles. The first-order valence-corrected chi connectivity index (χ1v) is 10.1. The van der Waals surface area contributed by atoms with E-state index in [1.165, 1.54) is 0 Å². The van der Waals surface area contributed by atoms with E-state index in [9.17, 15) is 0 Å². The van der Waals surface area contributed by atoms with Gasteiger partial charge in [-0.05, 0) is 31.4 Å². The molecule has 0 spiro atoms. The summed E-state index contributed by atoms with van der Waals surface area (Å²) in [5, 5.41) is 8.79. The van der Waals surface area contributed by atoms with E-state index in [0.717, 1.165) is 74.5 Å². The van der Waals surface area contributed by atoms with Gasteiger partial charge >= 0.3 is 0 Å². The molecule has 2 saturated heterocycles. The highest BCUT2D eigenvalue weighted by atomic mass is 15.4. The highest BCUT2D eigenvalue weighted by Gasteiger charge is 2.24. The number of piperidine rings is 1. The zero-order valence-corrected chi connectivity index (χ0v) is 16.0. The molecule has 1 atom stereocenters. The number of aromatic nitrogens is 5. The predicted molar refractivity (Wildman–Crippen MR) is 108 cm³/mol. The molecule has 2 aliphatic heterocycles. The third kappa shape index (κ3) is 3.57. The first-order chi connectivity index (χ1) is 13.7. The average molecular weight is 378 g/mol. The Morgan fingerprint density at radius 3 is 2.64 bits per heavy atom. The normalized spacial score (nSPS) is 21.6. The van der Waals surface area contributed by atoms with Gasteiger partial charge in [-0.25, -0.2) is 9.67 Å². The van der Waals surface area contributed by atoms with Gasteiger partial charge in [-0.2, -0.15) is 0 Å². The van der Waals surface area contributed by atoms with E-state index >= 15 is 0 Å². The average Bonchev–Trinajstić information content (AvgIpc) is 3.37. The molecule has 1 aromatic carbocycles. The Morgan fingerprint density at radius 2 is 1.86 bits per heavy atom. The van der Waals surface area contributed by atoms with Crippen molar-refractivity contribution in [2.45, 2.75) is 37.9 Å². The van der Waals surface area contributed by atoms with E-state index in [2.05, 4.69) is 36.0 Å². The van der Waals surface area contributed by atoms with E-state index in [4.69, 9.17) is 10.7 Å². The fraction of sp³-hybridized carbons (Fsp3) is 0.500. The van der Waals surface area contributed by atoms with Crippen LogP contribution < -0.4 is 10.6 Å². The highest BCUT2D eigenvalue weighted by Crippen LogP contribution is 2.26. The van der Waals surface area contributed by atoms with Crippen molar-refractivity contribution in [3.63, 3.8) is 0 Å². The van der Waals surface area contributed by atoms with Crippen LogP contribution in [0, 0.1) is 0 Å². The van der Waals surface area contributed by atoms with Gasteiger partial charge in [0.2, 0.25) is 0 Å². The Labute approximate surface area is 164 Å². The summed E-state index contributed by atoms with van der Waals surface area (Å²) in [6.45, 7) is 4.76. The van der Waals surface area contributed by atoms with Gasteiger partial charge in [0.15, 0.2) is 0 Å². The van der Waals surface area contributed by atoms with E-state index in [1.807, 2.05) is 30.5 Å². The molecule has 5 rings (SSSR count). The summed E-state index contributed by atoms with van der Waals surface area (Å²) in [5.74, 6) is 0.960. The zero-order valence-electron chi connectivity index (χ0n) is 16.0. The number of fused-ring (bicyclic) bond motifs is 1. The molecule has 4 heterocycles. The zero-order chi connectivity index (χ0) is 18.9. The van der Waals surface area contributed by atoms with Crippen LogP contribution in [0.15, 0.2) is 36.7 Å².